The van der Waals surface area contributed by atoms with Crippen LogP contribution in [-0.4, -0.2) is 55.7 Å². The summed E-state index contributed by atoms with van der Waals surface area (Å²) in [5.74, 6) is 0.272. The van der Waals surface area contributed by atoms with E-state index < -0.39 is 32.5 Å². The minimum atomic E-state index is -2.49. The summed E-state index contributed by atoms with van der Waals surface area (Å²) in [4.78, 5) is 8.77. The zero-order chi connectivity index (χ0) is 24.7. The molecular formula is C25H33FN4O4S. The topological polar surface area (TPSA) is 106 Å². The SMILES string of the molecule is C.Cc1cc(N=S(C)(=O)C(C)(C)C)cc2ncnc(Nc3ccc(F)cc3O[C@@H]3COC[C@@H]3O)c12. The average molecular weight is 505 g/mol. The molecule has 190 valence electrons. The van der Waals surface area contributed by atoms with E-state index in [1.54, 1.807) is 18.4 Å². The van der Waals surface area contributed by atoms with Crippen molar-refractivity contribution in [2.45, 2.75) is 52.1 Å². The van der Waals surface area contributed by atoms with Gasteiger partial charge in [-0.15, -0.1) is 0 Å². The number of aliphatic hydroxyl groups excluding tert-OH is 1. The lowest BCUT2D eigenvalue weighted by molar-refractivity contribution is 0.0736. The van der Waals surface area contributed by atoms with Crippen molar-refractivity contribution in [1.29, 1.82) is 0 Å². The number of fused-ring (bicyclic) bond motifs is 1. The molecule has 3 aromatic rings. The van der Waals surface area contributed by atoms with Crippen molar-refractivity contribution in [3.63, 3.8) is 0 Å². The Morgan fingerprint density at radius 1 is 1.23 bits per heavy atom. The van der Waals surface area contributed by atoms with Crippen molar-refractivity contribution in [2.24, 2.45) is 4.36 Å². The lowest BCUT2D eigenvalue weighted by atomic mass is 10.1. The Bertz CT molecular complexity index is 1350. The molecule has 1 fully saturated rings. The van der Waals surface area contributed by atoms with E-state index in [0.29, 0.717) is 22.7 Å². The molecular weight excluding hydrogens is 471 g/mol. The van der Waals surface area contributed by atoms with Crippen LogP contribution in [0, 0.1) is 12.7 Å². The Morgan fingerprint density at radius 2 is 1.97 bits per heavy atom. The molecule has 1 saturated heterocycles. The average Bonchev–Trinajstić information content (AvgIpc) is 3.13. The smallest absolute Gasteiger partial charge is 0.150 e. The minimum Gasteiger partial charge on any atom is -0.483 e. The fraction of sp³-hybridized carbons (Fsp3) is 0.440. The Balaban J connectivity index is 0.00000342. The Hall–Kier alpha value is -2.82. The molecule has 4 rings (SSSR count). The zero-order valence-corrected chi connectivity index (χ0v) is 20.6. The molecule has 35 heavy (non-hydrogen) atoms. The molecule has 0 saturated carbocycles. The first-order valence-electron chi connectivity index (χ1n) is 10.9. The highest BCUT2D eigenvalue weighted by Crippen LogP contribution is 2.35. The van der Waals surface area contributed by atoms with Crippen LogP contribution in [-0.2, 0) is 14.5 Å². The van der Waals surface area contributed by atoms with Crippen molar-refractivity contribution in [2.75, 3.05) is 24.8 Å². The number of hydrogen-bond donors (Lipinski definition) is 2. The largest absolute Gasteiger partial charge is 0.483 e. The number of halogens is 1. The third-order valence-electron chi connectivity index (χ3n) is 5.81. The summed E-state index contributed by atoms with van der Waals surface area (Å²) in [6.45, 7) is 7.99. The summed E-state index contributed by atoms with van der Waals surface area (Å²) >= 11 is 0. The van der Waals surface area contributed by atoms with Crippen molar-refractivity contribution < 1.29 is 23.2 Å². The van der Waals surface area contributed by atoms with Gasteiger partial charge in [-0.2, -0.15) is 4.36 Å². The van der Waals surface area contributed by atoms with Crippen molar-refractivity contribution in [3.05, 3.63) is 48.0 Å². The van der Waals surface area contributed by atoms with Crippen LogP contribution in [0.4, 0.5) is 21.6 Å². The van der Waals surface area contributed by atoms with Gasteiger partial charge >= 0.3 is 0 Å². The number of aliphatic hydroxyl groups is 1. The molecule has 1 aliphatic rings. The highest BCUT2D eigenvalue weighted by atomic mass is 32.2. The molecule has 0 spiro atoms. The van der Waals surface area contributed by atoms with Gasteiger partial charge in [0.15, 0.2) is 6.10 Å². The van der Waals surface area contributed by atoms with Crippen LogP contribution in [0.25, 0.3) is 10.9 Å². The fourth-order valence-electron chi connectivity index (χ4n) is 3.48. The van der Waals surface area contributed by atoms with E-state index in [1.165, 1.54) is 18.5 Å². The van der Waals surface area contributed by atoms with E-state index in [1.807, 2.05) is 33.8 Å². The van der Waals surface area contributed by atoms with Gasteiger partial charge in [0.25, 0.3) is 0 Å². The zero-order valence-electron chi connectivity index (χ0n) is 19.8. The first-order valence-corrected chi connectivity index (χ1v) is 12.8. The van der Waals surface area contributed by atoms with Gasteiger partial charge in [0, 0.05) is 22.5 Å². The Labute approximate surface area is 206 Å². The third-order valence-corrected chi connectivity index (χ3v) is 8.64. The number of hydrogen-bond acceptors (Lipinski definition) is 8. The predicted octanol–water partition coefficient (Wildman–Crippen LogP) is 5.12. The van der Waals surface area contributed by atoms with Crippen LogP contribution in [0.3, 0.4) is 0 Å². The van der Waals surface area contributed by atoms with Crippen molar-refractivity contribution >= 4 is 37.8 Å². The molecule has 2 aromatic carbocycles. The van der Waals surface area contributed by atoms with Gasteiger partial charge in [-0.3, -0.25) is 0 Å². The maximum atomic E-state index is 14.0. The number of nitrogens with one attached hydrogen (secondary N) is 1. The van der Waals surface area contributed by atoms with Crippen LogP contribution in [0.5, 0.6) is 5.75 Å². The van der Waals surface area contributed by atoms with Gasteiger partial charge in [-0.25, -0.2) is 18.6 Å². The number of benzene rings is 2. The highest BCUT2D eigenvalue weighted by molar-refractivity contribution is 7.94. The first-order chi connectivity index (χ1) is 15.9. The number of aryl methyl sites for hydroxylation is 1. The molecule has 0 aliphatic carbocycles. The summed E-state index contributed by atoms with van der Waals surface area (Å²) < 4.78 is 42.2. The summed E-state index contributed by atoms with van der Waals surface area (Å²) in [5, 5.41) is 14.0. The maximum absolute atomic E-state index is 14.0. The molecule has 8 nitrogen and oxygen atoms in total. The molecule has 0 bridgehead atoms. The quantitative estimate of drug-likeness (QED) is 0.496. The van der Waals surface area contributed by atoms with Crippen LogP contribution in [0.2, 0.25) is 0 Å². The number of anilines is 2. The molecule has 2 heterocycles. The number of rotatable bonds is 5. The van der Waals surface area contributed by atoms with E-state index in [2.05, 4.69) is 19.6 Å². The second-order valence-corrected chi connectivity index (χ2v) is 12.4. The first kappa shape index (κ1) is 26.8. The van der Waals surface area contributed by atoms with Crippen LogP contribution in [0.15, 0.2) is 41.0 Å². The maximum Gasteiger partial charge on any atom is 0.150 e. The van der Waals surface area contributed by atoms with Crippen molar-refractivity contribution in [1.82, 2.24) is 9.97 Å². The van der Waals surface area contributed by atoms with Crippen LogP contribution >= 0.6 is 0 Å². The van der Waals surface area contributed by atoms with Crippen LogP contribution in [0.1, 0.15) is 33.8 Å². The lowest BCUT2D eigenvalue weighted by Gasteiger charge is -2.21. The number of aromatic nitrogens is 2. The second-order valence-electron chi connectivity index (χ2n) is 9.41. The molecule has 0 amide bonds. The summed E-state index contributed by atoms with van der Waals surface area (Å²) in [5.41, 5.74) is 2.54. The lowest BCUT2D eigenvalue weighted by Crippen LogP contribution is -2.30. The Morgan fingerprint density at radius 3 is 2.63 bits per heavy atom. The van der Waals surface area contributed by atoms with Crippen LogP contribution < -0.4 is 10.1 Å². The standard InChI is InChI=1S/C24H29FN4O4S.CH4/c1-14-8-16(29-34(5,31)24(2,3)4)10-18-22(14)23(27-13-26-18)28-17-7-6-15(25)9-20(17)33-21-12-32-11-19(21)30;/h6-10,13,19,21,30H,11-12H2,1-5H3,(H,26,27,28);1H4/t19-,21+,34?;/m0./s1. The van der Waals surface area contributed by atoms with Crippen molar-refractivity contribution in [3.8, 4) is 5.75 Å². The van der Waals surface area contributed by atoms with Gasteiger partial charge < -0.3 is 19.9 Å². The monoisotopic (exact) mass is 504 g/mol. The summed E-state index contributed by atoms with van der Waals surface area (Å²) in [6.07, 6.45) is 1.69. The van der Waals surface area contributed by atoms with Gasteiger partial charge in [0.05, 0.1) is 39.8 Å². The second kappa shape index (κ2) is 10.0. The molecule has 1 unspecified atom stereocenters. The predicted molar refractivity (Wildman–Crippen MR) is 138 cm³/mol. The molecule has 1 aliphatic heterocycles. The third kappa shape index (κ3) is 5.71. The normalized spacial score (nSPS) is 19.6. The van der Waals surface area contributed by atoms with Gasteiger partial charge in [-0.05, 0) is 57.5 Å². The molecule has 1 aromatic heterocycles. The van der Waals surface area contributed by atoms with E-state index in [4.69, 9.17) is 9.47 Å². The van der Waals surface area contributed by atoms with Gasteiger partial charge in [-0.1, -0.05) is 7.43 Å². The molecule has 3 atom stereocenters. The highest BCUT2D eigenvalue weighted by Gasteiger charge is 2.29. The number of nitrogens with zero attached hydrogens (tertiary/aromatic N) is 3. The van der Waals surface area contributed by atoms with Gasteiger partial charge in [0.1, 0.15) is 29.8 Å². The van der Waals surface area contributed by atoms with E-state index in [0.717, 1.165) is 10.9 Å². The molecule has 10 heteroatoms. The van der Waals surface area contributed by atoms with Gasteiger partial charge in [0.2, 0.25) is 0 Å². The minimum absolute atomic E-state index is 0. The van der Waals surface area contributed by atoms with E-state index in [-0.39, 0.29) is 26.4 Å². The molecule has 0 radical (unpaired) electrons. The number of ether oxygens (including phenoxy) is 2. The molecule has 2 N–H and O–H groups in total. The summed E-state index contributed by atoms with van der Waals surface area (Å²) in [7, 11) is -2.49. The fourth-order valence-corrected chi connectivity index (χ4v) is 4.26. The van der Waals surface area contributed by atoms with E-state index in [9.17, 15) is 13.7 Å². The van der Waals surface area contributed by atoms with E-state index >= 15 is 0 Å². The summed E-state index contributed by atoms with van der Waals surface area (Å²) in [6, 6.07) is 7.74. The Kier molecular flexibility index (Phi) is 7.68.